The molecule has 3 aromatic heterocycles. The van der Waals surface area contributed by atoms with Crippen molar-refractivity contribution in [3.63, 3.8) is 0 Å². The molecular formula is C24H21ClFN7O4S. The van der Waals surface area contributed by atoms with E-state index in [1.54, 1.807) is 23.2 Å². The van der Waals surface area contributed by atoms with E-state index < -0.39 is 42.9 Å². The molecule has 11 nitrogen and oxygen atoms in total. The maximum atomic E-state index is 14.0. The number of rotatable bonds is 5. The lowest BCUT2D eigenvalue weighted by Gasteiger charge is -2.41. The van der Waals surface area contributed by atoms with E-state index >= 15 is 0 Å². The molecule has 5 aromatic rings. The Balaban J connectivity index is 1.38. The van der Waals surface area contributed by atoms with Crippen LogP contribution in [0, 0.1) is 12.7 Å². The highest BCUT2D eigenvalue weighted by Crippen LogP contribution is 2.39. The van der Waals surface area contributed by atoms with E-state index in [1.165, 1.54) is 34.3 Å². The van der Waals surface area contributed by atoms with Crippen LogP contribution in [0.4, 0.5) is 4.39 Å². The minimum absolute atomic E-state index is 0.0288. The normalized spacial score (nSPS) is 23.8. The number of aryl methyl sites for hydroxylation is 1. The van der Waals surface area contributed by atoms with Crippen LogP contribution >= 0.6 is 22.9 Å². The van der Waals surface area contributed by atoms with Crippen molar-refractivity contribution in [2.45, 2.75) is 37.4 Å². The van der Waals surface area contributed by atoms with Gasteiger partial charge in [-0.05, 0) is 37.3 Å². The second-order valence-corrected chi connectivity index (χ2v) is 10.2. The summed E-state index contributed by atoms with van der Waals surface area (Å²) in [5.41, 5.74) is 4.00. The predicted octanol–water partition coefficient (Wildman–Crippen LogP) is 2.63. The van der Waals surface area contributed by atoms with Gasteiger partial charge in [0.1, 0.15) is 47.8 Å². The lowest BCUT2D eigenvalue weighted by atomic mass is 9.92. The van der Waals surface area contributed by atoms with Gasteiger partial charge < -0.3 is 20.1 Å². The molecule has 0 spiro atoms. The van der Waals surface area contributed by atoms with Crippen molar-refractivity contribution in [1.29, 1.82) is 0 Å². The summed E-state index contributed by atoms with van der Waals surface area (Å²) in [6.07, 6.45) is -3.37. The minimum atomic E-state index is -1.36. The number of aliphatic hydroxyl groups excluding tert-OH is 3. The molecule has 3 N–H and O–H groups in total. The van der Waals surface area contributed by atoms with Crippen LogP contribution in [0.25, 0.3) is 27.2 Å². The Hall–Kier alpha value is -3.33. The van der Waals surface area contributed by atoms with Crippen molar-refractivity contribution in [3.05, 3.63) is 70.6 Å². The van der Waals surface area contributed by atoms with E-state index in [4.69, 9.17) is 16.3 Å². The molecule has 38 heavy (non-hydrogen) atoms. The van der Waals surface area contributed by atoms with Gasteiger partial charge in [0, 0.05) is 5.56 Å². The Morgan fingerprint density at radius 2 is 2.00 bits per heavy atom. The highest BCUT2D eigenvalue weighted by Gasteiger charge is 2.48. The summed E-state index contributed by atoms with van der Waals surface area (Å²) >= 11 is 7.27. The molecule has 1 saturated heterocycles. The van der Waals surface area contributed by atoms with Gasteiger partial charge >= 0.3 is 0 Å². The zero-order chi connectivity index (χ0) is 26.6. The number of halogens is 2. The van der Waals surface area contributed by atoms with Crippen molar-refractivity contribution in [3.8, 4) is 16.9 Å². The Labute approximate surface area is 223 Å². The average Bonchev–Trinajstić information content (AvgIpc) is 3.65. The Morgan fingerprint density at radius 1 is 1.16 bits per heavy atom. The average molecular weight is 558 g/mol. The first-order valence-corrected chi connectivity index (χ1v) is 12.9. The summed E-state index contributed by atoms with van der Waals surface area (Å²) in [5.74, 6) is 0.113. The number of hydrogen-bond acceptors (Lipinski definition) is 10. The quantitative estimate of drug-likeness (QED) is 0.297. The van der Waals surface area contributed by atoms with E-state index in [9.17, 15) is 19.7 Å². The van der Waals surface area contributed by atoms with Gasteiger partial charge in [-0.15, -0.1) is 16.4 Å². The number of fused-ring (bicyclic) bond motifs is 1. The second-order valence-electron chi connectivity index (χ2n) is 8.90. The number of hydrogen-bond donors (Lipinski definition) is 3. The van der Waals surface area contributed by atoms with Gasteiger partial charge in [0.25, 0.3) is 0 Å². The van der Waals surface area contributed by atoms with Crippen LogP contribution in [-0.4, -0.2) is 75.0 Å². The predicted molar refractivity (Wildman–Crippen MR) is 135 cm³/mol. The van der Waals surface area contributed by atoms with Crippen LogP contribution in [0.15, 0.2) is 48.1 Å². The van der Waals surface area contributed by atoms with E-state index in [0.29, 0.717) is 22.8 Å². The third-order valence-electron chi connectivity index (χ3n) is 6.48. The van der Waals surface area contributed by atoms with Crippen molar-refractivity contribution in [1.82, 2.24) is 34.7 Å². The molecule has 2 aromatic carbocycles. The highest BCUT2D eigenvalue weighted by atomic mass is 35.5. The molecule has 4 heterocycles. The Morgan fingerprint density at radius 3 is 2.79 bits per heavy atom. The molecule has 0 unspecified atom stereocenters. The summed E-state index contributed by atoms with van der Waals surface area (Å²) in [6, 6.07) is 8.74. The minimum Gasteiger partial charge on any atom is -0.394 e. The van der Waals surface area contributed by atoms with Crippen LogP contribution in [0.5, 0.6) is 0 Å². The van der Waals surface area contributed by atoms with E-state index in [-0.39, 0.29) is 10.8 Å². The molecule has 0 radical (unpaired) electrons. The van der Waals surface area contributed by atoms with Crippen LogP contribution in [-0.2, 0) is 4.74 Å². The standard InChI is InChI=1S/C24H21ClFN7O4S/c1-11-28-24(33(30-11)13-3-5-16-19(7-13)38-10-27-16)23-22(36)20(21(35)18(9-34)37-23)32-8-17(29-31-32)12-2-4-14(25)15(26)6-12/h2-8,10,18,20-23,34-36H,9H2,1H3/t18-,20+,21+,22-,23-/m1/s1. The first kappa shape index (κ1) is 25.0. The van der Waals surface area contributed by atoms with Crippen molar-refractivity contribution in [2.75, 3.05) is 6.61 Å². The maximum Gasteiger partial charge on any atom is 0.164 e. The van der Waals surface area contributed by atoms with Crippen LogP contribution < -0.4 is 0 Å². The van der Waals surface area contributed by atoms with E-state index in [0.717, 1.165) is 10.2 Å². The first-order chi connectivity index (χ1) is 18.3. The first-order valence-electron chi connectivity index (χ1n) is 11.6. The molecule has 6 rings (SSSR count). The molecular weight excluding hydrogens is 537 g/mol. The Kier molecular flexibility index (Phi) is 6.42. The monoisotopic (exact) mass is 557 g/mol. The number of thiazole rings is 1. The molecule has 0 amide bonds. The van der Waals surface area contributed by atoms with Crippen LogP contribution in [0.3, 0.4) is 0 Å². The number of ether oxygens (including phenoxy) is 1. The van der Waals surface area contributed by atoms with Crippen molar-refractivity contribution >= 4 is 33.2 Å². The van der Waals surface area contributed by atoms with Crippen molar-refractivity contribution < 1.29 is 24.4 Å². The van der Waals surface area contributed by atoms with E-state index in [2.05, 4.69) is 25.4 Å². The fourth-order valence-corrected chi connectivity index (χ4v) is 5.45. The topological polar surface area (TPSA) is 144 Å². The van der Waals surface area contributed by atoms with Gasteiger partial charge in [-0.25, -0.2) is 23.7 Å². The molecule has 0 saturated carbocycles. The van der Waals surface area contributed by atoms with Gasteiger partial charge in [0.15, 0.2) is 5.82 Å². The van der Waals surface area contributed by atoms with Gasteiger partial charge in [0.05, 0.1) is 39.2 Å². The van der Waals surface area contributed by atoms with Gasteiger partial charge in [-0.2, -0.15) is 5.10 Å². The number of nitrogens with zero attached hydrogens (tertiary/aromatic N) is 7. The zero-order valence-electron chi connectivity index (χ0n) is 19.8. The summed E-state index contributed by atoms with van der Waals surface area (Å²) in [4.78, 5) is 8.81. The third-order valence-corrected chi connectivity index (χ3v) is 7.57. The fraction of sp³-hybridized carbons (Fsp3) is 0.292. The largest absolute Gasteiger partial charge is 0.394 e. The smallest absolute Gasteiger partial charge is 0.164 e. The molecule has 5 atom stereocenters. The van der Waals surface area contributed by atoms with Crippen molar-refractivity contribution in [2.24, 2.45) is 0 Å². The van der Waals surface area contributed by atoms with Crippen LogP contribution in [0.1, 0.15) is 23.8 Å². The third kappa shape index (κ3) is 4.26. The molecule has 1 aliphatic rings. The lowest BCUT2D eigenvalue weighted by molar-refractivity contribution is -0.210. The SMILES string of the molecule is Cc1nc([C@@H]2O[C@H](CO)[C@H](O)[C@H](n3cc(-c4ccc(Cl)c(F)c4)nn3)[C@H]2O)n(-c2ccc3ncsc3c2)n1. The zero-order valence-corrected chi connectivity index (χ0v) is 21.3. The number of aromatic nitrogens is 7. The maximum absolute atomic E-state index is 14.0. The van der Waals surface area contributed by atoms with E-state index in [1.807, 2.05) is 18.2 Å². The lowest BCUT2D eigenvalue weighted by Crippen LogP contribution is -2.53. The van der Waals surface area contributed by atoms with Gasteiger partial charge in [0.2, 0.25) is 0 Å². The summed E-state index contributed by atoms with van der Waals surface area (Å²) < 4.78 is 23.8. The highest BCUT2D eigenvalue weighted by molar-refractivity contribution is 7.16. The van der Waals surface area contributed by atoms with Gasteiger partial charge in [-0.1, -0.05) is 22.9 Å². The molecule has 14 heteroatoms. The second kappa shape index (κ2) is 9.76. The molecule has 1 fully saturated rings. The molecule has 0 aliphatic carbocycles. The molecule has 196 valence electrons. The summed E-state index contributed by atoms with van der Waals surface area (Å²) in [7, 11) is 0. The molecule has 0 bridgehead atoms. The summed E-state index contributed by atoms with van der Waals surface area (Å²) in [5, 5.41) is 45.1. The summed E-state index contributed by atoms with van der Waals surface area (Å²) in [6.45, 7) is 1.19. The fourth-order valence-electron chi connectivity index (χ4n) is 4.62. The van der Waals surface area contributed by atoms with Crippen LogP contribution in [0.2, 0.25) is 5.02 Å². The Bertz CT molecular complexity index is 1620. The molecule has 1 aliphatic heterocycles. The number of benzene rings is 2. The number of aliphatic hydroxyl groups is 3. The van der Waals surface area contributed by atoms with Gasteiger partial charge in [-0.3, -0.25) is 0 Å².